The number of rotatable bonds is 12. The first-order valence-electron chi connectivity index (χ1n) is 14.2. The van der Waals surface area contributed by atoms with Crippen molar-refractivity contribution in [2.45, 2.75) is 25.7 Å². The van der Waals surface area contributed by atoms with E-state index in [0.717, 1.165) is 50.3 Å². The molecule has 42 heavy (non-hydrogen) atoms. The van der Waals surface area contributed by atoms with Gasteiger partial charge in [0.1, 0.15) is 5.58 Å². The highest BCUT2D eigenvalue weighted by Crippen LogP contribution is 2.28. The van der Waals surface area contributed by atoms with Crippen molar-refractivity contribution in [3.8, 4) is 11.5 Å². The molecule has 7 heteroatoms. The Kier molecular flexibility index (Phi) is 9.19. The lowest BCUT2D eigenvalue weighted by atomic mass is 10.1. The second kappa shape index (κ2) is 13.4. The predicted molar refractivity (Wildman–Crippen MR) is 168 cm³/mol. The minimum atomic E-state index is -0.317. The fourth-order valence-electron chi connectivity index (χ4n) is 5.13. The maximum Gasteiger partial charge on any atom is 0.259 e. The van der Waals surface area contributed by atoms with Gasteiger partial charge in [0.2, 0.25) is 5.43 Å². The second-order valence-electron chi connectivity index (χ2n) is 10.5. The first-order chi connectivity index (χ1) is 20.5. The molecular formula is C35H36N2O5. The lowest BCUT2D eigenvalue weighted by molar-refractivity contribution is 0.102. The SMILES string of the molecule is COc1ccc(CCN(C)CCCCc2ccc(NC(=O)c3cccc4c(=O)c5ccccc5oc34)cc2)cc1OC. The molecule has 0 radical (unpaired) electrons. The number of nitrogens with one attached hydrogen (secondary N) is 1. The first kappa shape index (κ1) is 28.9. The van der Waals surface area contributed by atoms with Crippen LogP contribution < -0.4 is 20.2 Å². The Morgan fingerprint density at radius 1 is 0.786 bits per heavy atom. The third-order valence-electron chi connectivity index (χ3n) is 7.55. The van der Waals surface area contributed by atoms with E-state index >= 15 is 0 Å². The molecule has 1 heterocycles. The summed E-state index contributed by atoms with van der Waals surface area (Å²) in [5.74, 6) is 1.19. The minimum Gasteiger partial charge on any atom is -0.493 e. The number of nitrogens with zero attached hydrogens (tertiary/aromatic N) is 1. The Morgan fingerprint density at radius 2 is 1.52 bits per heavy atom. The lowest BCUT2D eigenvalue weighted by Gasteiger charge is -2.17. The van der Waals surface area contributed by atoms with E-state index in [-0.39, 0.29) is 11.3 Å². The van der Waals surface area contributed by atoms with Crippen LogP contribution in [0.3, 0.4) is 0 Å². The van der Waals surface area contributed by atoms with Crippen LogP contribution in [0, 0.1) is 0 Å². The quantitative estimate of drug-likeness (QED) is 0.134. The molecule has 1 amide bonds. The van der Waals surface area contributed by atoms with Crippen molar-refractivity contribution in [3.05, 3.63) is 112 Å². The number of benzene rings is 4. The van der Waals surface area contributed by atoms with E-state index in [9.17, 15) is 9.59 Å². The van der Waals surface area contributed by atoms with Gasteiger partial charge in [-0.05, 0) is 98.9 Å². The highest BCUT2D eigenvalue weighted by atomic mass is 16.5. The number of carbonyl (C=O) groups excluding carboxylic acids is 1. The highest BCUT2D eigenvalue weighted by molar-refractivity contribution is 6.12. The molecule has 0 saturated carbocycles. The molecule has 7 nitrogen and oxygen atoms in total. The summed E-state index contributed by atoms with van der Waals surface area (Å²) in [6.07, 6.45) is 4.10. The summed E-state index contributed by atoms with van der Waals surface area (Å²) in [7, 11) is 5.46. The Balaban J connectivity index is 1.11. The summed E-state index contributed by atoms with van der Waals surface area (Å²) in [5, 5.41) is 3.84. The molecule has 0 aliphatic heterocycles. The van der Waals surface area contributed by atoms with Crippen LogP contribution in [0.5, 0.6) is 11.5 Å². The predicted octanol–water partition coefficient (Wildman–Crippen LogP) is 6.71. The van der Waals surface area contributed by atoms with Crippen molar-refractivity contribution in [3.63, 3.8) is 0 Å². The maximum atomic E-state index is 13.2. The number of anilines is 1. The molecule has 1 N–H and O–H groups in total. The summed E-state index contributed by atoms with van der Waals surface area (Å²) in [5.41, 5.74) is 4.09. The van der Waals surface area contributed by atoms with Crippen molar-refractivity contribution >= 4 is 33.5 Å². The smallest absolute Gasteiger partial charge is 0.259 e. The van der Waals surface area contributed by atoms with Gasteiger partial charge in [-0.25, -0.2) is 0 Å². The summed E-state index contributed by atoms with van der Waals surface area (Å²) < 4.78 is 16.7. The average Bonchev–Trinajstić information content (AvgIpc) is 3.02. The third kappa shape index (κ3) is 6.64. The molecule has 0 atom stereocenters. The normalized spacial score (nSPS) is 11.2. The van der Waals surface area contributed by atoms with Crippen LogP contribution in [0.25, 0.3) is 21.9 Å². The summed E-state index contributed by atoms with van der Waals surface area (Å²) in [4.78, 5) is 28.4. The zero-order chi connectivity index (χ0) is 29.5. The van der Waals surface area contributed by atoms with E-state index in [2.05, 4.69) is 23.3 Å². The Hall–Kier alpha value is -4.62. The minimum absolute atomic E-state index is 0.144. The van der Waals surface area contributed by atoms with Gasteiger partial charge in [0.15, 0.2) is 17.1 Å². The summed E-state index contributed by atoms with van der Waals surface area (Å²) in [6.45, 7) is 2.00. The Bertz CT molecular complexity index is 1740. The molecule has 0 saturated heterocycles. The third-order valence-corrected chi connectivity index (χ3v) is 7.55. The van der Waals surface area contributed by atoms with E-state index in [4.69, 9.17) is 13.9 Å². The van der Waals surface area contributed by atoms with E-state index in [1.165, 1.54) is 11.1 Å². The van der Waals surface area contributed by atoms with Crippen LogP contribution in [0.2, 0.25) is 0 Å². The van der Waals surface area contributed by atoms with Gasteiger partial charge in [-0.1, -0.05) is 36.4 Å². The largest absolute Gasteiger partial charge is 0.493 e. The number of likely N-dealkylation sites (N-methyl/N-ethyl adjacent to an activating group) is 1. The standard InChI is InChI=1S/C35H36N2O5/c1-37(22-20-25-16-19-31(40-2)32(23-25)41-3)21-7-6-9-24-14-17-26(18-15-24)36-35(39)29-12-8-11-28-33(38)27-10-4-5-13-30(27)42-34(28)29/h4-5,8,10-19,23H,6-7,9,20-22H2,1-3H3,(H,36,39). The summed E-state index contributed by atoms with van der Waals surface area (Å²) >= 11 is 0. The number of methoxy groups -OCH3 is 2. The number of unbranched alkanes of at least 4 members (excludes halogenated alkanes) is 1. The molecule has 0 aliphatic carbocycles. The van der Waals surface area contributed by atoms with Crippen LogP contribution >= 0.6 is 0 Å². The second-order valence-corrected chi connectivity index (χ2v) is 10.5. The molecule has 0 fully saturated rings. The van der Waals surface area contributed by atoms with E-state index in [0.29, 0.717) is 33.2 Å². The van der Waals surface area contributed by atoms with Gasteiger partial charge in [-0.15, -0.1) is 0 Å². The number of amides is 1. The van der Waals surface area contributed by atoms with E-state index in [1.807, 2.05) is 42.5 Å². The van der Waals surface area contributed by atoms with Crippen LogP contribution in [0.4, 0.5) is 5.69 Å². The van der Waals surface area contributed by atoms with Crippen molar-refractivity contribution in [2.24, 2.45) is 0 Å². The topological polar surface area (TPSA) is 81.0 Å². The van der Waals surface area contributed by atoms with Gasteiger partial charge in [0, 0.05) is 12.2 Å². The van der Waals surface area contributed by atoms with E-state index < -0.39 is 0 Å². The highest BCUT2D eigenvalue weighted by Gasteiger charge is 2.16. The van der Waals surface area contributed by atoms with Gasteiger partial charge in [0.25, 0.3) is 5.91 Å². The van der Waals surface area contributed by atoms with Crippen LogP contribution in [0.1, 0.15) is 34.3 Å². The molecule has 216 valence electrons. The fraction of sp³-hybridized carbons (Fsp3) is 0.257. The number of hydrogen-bond donors (Lipinski definition) is 1. The van der Waals surface area contributed by atoms with Crippen molar-refractivity contribution in [2.75, 3.05) is 39.7 Å². The maximum absolute atomic E-state index is 13.2. The average molecular weight is 565 g/mol. The molecule has 0 bridgehead atoms. The molecule has 5 rings (SSSR count). The van der Waals surface area contributed by atoms with Crippen molar-refractivity contribution in [1.82, 2.24) is 4.90 Å². The van der Waals surface area contributed by atoms with Gasteiger partial charge < -0.3 is 24.1 Å². The zero-order valence-corrected chi connectivity index (χ0v) is 24.3. The van der Waals surface area contributed by atoms with Crippen LogP contribution in [-0.4, -0.2) is 45.2 Å². The Labute approximate surface area is 245 Å². The number of fused-ring (bicyclic) bond motifs is 2. The first-order valence-corrected chi connectivity index (χ1v) is 14.2. The Morgan fingerprint density at radius 3 is 2.31 bits per heavy atom. The monoisotopic (exact) mass is 564 g/mol. The lowest BCUT2D eigenvalue weighted by Crippen LogP contribution is -2.22. The van der Waals surface area contributed by atoms with Gasteiger partial charge in [-0.3, -0.25) is 9.59 Å². The molecule has 1 aromatic heterocycles. The molecule has 0 aliphatic rings. The molecular weight excluding hydrogens is 528 g/mol. The van der Waals surface area contributed by atoms with E-state index in [1.54, 1.807) is 50.6 Å². The molecule has 5 aromatic rings. The number of aryl methyl sites for hydroxylation is 1. The fourth-order valence-corrected chi connectivity index (χ4v) is 5.13. The van der Waals surface area contributed by atoms with Gasteiger partial charge in [-0.2, -0.15) is 0 Å². The molecule has 0 unspecified atom stereocenters. The zero-order valence-electron chi connectivity index (χ0n) is 24.3. The van der Waals surface area contributed by atoms with Crippen LogP contribution in [-0.2, 0) is 12.8 Å². The van der Waals surface area contributed by atoms with Gasteiger partial charge in [0.05, 0.1) is 30.6 Å². The molecule has 4 aromatic carbocycles. The number of carbonyl (C=O) groups is 1. The number of ether oxygens (including phenoxy) is 2. The van der Waals surface area contributed by atoms with Gasteiger partial charge >= 0.3 is 0 Å². The van der Waals surface area contributed by atoms with Crippen molar-refractivity contribution in [1.29, 1.82) is 0 Å². The number of hydrogen-bond acceptors (Lipinski definition) is 6. The number of para-hydroxylation sites is 2. The van der Waals surface area contributed by atoms with Crippen molar-refractivity contribution < 1.29 is 18.7 Å². The molecule has 0 spiro atoms. The summed E-state index contributed by atoms with van der Waals surface area (Å²) in [6, 6.07) is 26.2. The van der Waals surface area contributed by atoms with Crippen LogP contribution in [0.15, 0.2) is 94.1 Å².